The van der Waals surface area contributed by atoms with Crippen LogP contribution in [-0.4, -0.2) is 31.2 Å². The van der Waals surface area contributed by atoms with Gasteiger partial charge in [-0.1, -0.05) is 42.5 Å². The van der Waals surface area contributed by atoms with Crippen LogP contribution in [0.25, 0.3) is 21.9 Å². The number of allylic oxidation sites excluding steroid dienone is 1. The minimum Gasteiger partial charge on any atom is -0.368 e. The fourth-order valence-corrected chi connectivity index (χ4v) is 4.87. The van der Waals surface area contributed by atoms with Crippen LogP contribution in [0.2, 0.25) is 0 Å². The summed E-state index contributed by atoms with van der Waals surface area (Å²) >= 11 is 1.56. The Morgan fingerprint density at radius 2 is 1.42 bits per heavy atom. The molecule has 152 valence electrons. The average Bonchev–Trinajstić information content (AvgIpc) is 3.28. The molecule has 31 heavy (non-hydrogen) atoms. The van der Waals surface area contributed by atoms with Crippen molar-refractivity contribution in [3.63, 3.8) is 0 Å². The van der Waals surface area contributed by atoms with E-state index in [2.05, 4.69) is 75.5 Å². The maximum absolute atomic E-state index is 9.68. The molecule has 0 radical (unpaired) electrons. The molecule has 0 unspecified atom stereocenters. The van der Waals surface area contributed by atoms with Crippen molar-refractivity contribution in [2.45, 2.75) is 0 Å². The summed E-state index contributed by atoms with van der Waals surface area (Å²) in [6.07, 6.45) is 1.93. The first-order valence-electron chi connectivity index (χ1n) is 10.4. The summed E-state index contributed by atoms with van der Waals surface area (Å²) in [5.74, 6) is 0. The van der Waals surface area contributed by atoms with Gasteiger partial charge in [0.1, 0.15) is 11.1 Å². The Labute approximate surface area is 186 Å². The van der Waals surface area contributed by atoms with E-state index in [1.807, 2.05) is 30.3 Å². The number of benzene rings is 3. The molecular formula is C26H22N4S. The highest BCUT2D eigenvalue weighted by Gasteiger charge is 2.17. The predicted molar refractivity (Wildman–Crippen MR) is 130 cm³/mol. The van der Waals surface area contributed by atoms with Crippen LogP contribution < -0.4 is 9.80 Å². The third-order valence-corrected chi connectivity index (χ3v) is 6.68. The topological polar surface area (TPSA) is 43.2 Å². The Kier molecular flexibility index (Phi) is 5.39. The van der Waals surface area contributed by atoms with E-state index in [-0.39, 0.29) is 0 Å². The summed E-state index contributed by atoms with van der Waals surface area (Å²) in [5, 5.41) is 10.4. The molecule has 1 aliphatic rings. The van der Waals surface area contributed by atoms with Crippen LogP contribution in [0.15, 0.2) is 78.9 Å². The zero-order chi connectivity index (χ0) is 21.0. The van der Waals surface area contributed by atoms with Crippen molar-refractivity contribution in [1.82, 2.24) is 4.98 Å². The summed E-state index contributed by atoms with van der Waals surface area (Å²) < 4.78 is 1.10. The van der Waals surface area contributed by atoms with E-state index in [0.717, 1.165) is 47.0 Å². The van der Waals surface area contributed by atoms with Gasteiger partial charge in [0, 0.05) is 37.6 Å². The lowest BCUT2D eigenvalue weighted by Gasteiger charge is -2.37. The Bertz CT molecular complexity index is 1210. The number of aromatic nitrogens is 1. The Balaban J connectivity index is 1.29. The molecule has 2 heterocycles. The van der Waals surface area contributed by atoms with Crippen LogP contribution in [0.1, 0.15) is 10.6 Å². The number of hydrogen-bond donors (Lipinski definition) is 0. The molecule has 0 aliphatic carbocycles. The minimum absolute atomic E-state index is 0.602. The average molecular weight is 423 g/mol. The molecule has 0 atom stereocenters. The van der Waals surface area contributed by atoms with Crippen LogP contribution in [0.3, 0.4) is 0 Å². The molecule has 0 saturated carbocycles. The van der Waals surface area contributed by atoms with Crippen LogP contribution >= 0.6 is 11.3 Å². The van der Waals surface area contributed by atoms with Crippen molar-refractivity contribution < 1.29 is 0 Å². The number of nitrogens with zero attached hydrogens (tertiary/aromatic N) is 4. The fraction of sp³-hybridized carbons (Fsp3) is 0.154. The molecule has 1 aliphatic heterocycles. The van der Waals surface area contributed by atoms with Gasteiger partial charge in [0.25, 0.3) is 0 Å². The molecule has 1 saturated heterocycles. The van der Waals surface area contributed by atoms with E-state index in [0.29, 0.717) is 5.57 Å². The molecule has 0 N–H and O–H groups in total. The van der Waals surface area contributed by atoms with Crippen molar-refractivity contribution >= 4 is 44.6 Å². The largest absolute Gasteiger partial charge is 0.368 e. The molecule has 5 heteroatoms. The zero-order valence-electron chi connectivity index (χ0n) is 17.1. The van der Waals surface area contributed by atoms with Crippen molar-refractivity contribution in [3.05, 3.63) is 89.4 Å². The number of rotatable bonds is 4. The zero-order valence-corrected chi connectivity index (χ0v) is 17.9. The maximum atomic E-state index is 9.68. The van der Waals surface area contributed by atoms with E-state index in [1.54, 1.807) is 11.3 Å². The van der Waals surface area contributed by atoms with Gasteiger partial charge in [-0.2, -0.15) is 5.26 Å². The highest BCUT2D eigenvalue weighted by Crippen LogP contribution is 2.28. The summed E-state index contributed by atoms with van der Waals surface area (Å²) in [6, 6.07) is 29.4. The molecule has 1 aromatic heterocycles. The Morgan fingerprint density at radius 3 is 2.06 bits per heavy atom. The van der Waals surface area contributed by atoms with Gasteiger partial charge < -0.3 is 9.80 Å². The molecule has 0 bridgehead atoms. The van der Waals surface area contributed by atoms with Crippen molar-refractivity contribution in [2.24, 2.45) is 0 Å². The van der Waals surface area contributed by atoms with Gasteiger partial charge in [-0.05, 0) is 48.0 Å². The smallest absolute Gasteiger partial charge is 0.135 e. The Morgan fingerprint density at radius 1 is 0.806 bits per heavy atom. The molecule has 0 amide bonds. The molecule has 3 aromatic carbocycles. The van der Waals surface area contributed by atoms with E-state index in [9.17, 15) is 5.26 Å². The molecule has 4 aromatic rings. The first-order chi connectivity index (χ1) is 15.3. The predicted octanol–water partition coefficient (Wildman–Crippen LogP) is 5.69. The van der Waals surface area contributed by atoms with Gasteiger partial charge in [0.15, 0.2) is 0 Å². The first kappa shape index (κ1) is 19.3. The summed E-state index contributed by atoms with van der Waals surface area (Å²) in [4.78, 5) is 9.48. The van der Waals surface area contributed by atoms with Crippen molar-refractivity contribution in [1.29, 1.82) is 5.26 Å². The quantitative estimate of drug-likeness (QED) is 0.397. The number of hydrogen-bond acceptors (Lipinski definition) is 5. The monoisotopic (exact) mass is 422 g/mol. The second-order valence-corrected chi connectivity index (χ2v) is 8.59. The molecule has 5 rings (SSSR count). The first-order valence-corrected chi connectivity index (χ1v) is 11.2. The molecule has 0 spiro atoms. The number of thiazole rings is 1. The van der Waals surface area contributed by atoms with Gasteiger partial charge in [-0.3, -0.25) is 0 Å². The van der Waals surface area contributed by atoms with Gasteiger partial charge >= 0.3 is 0 Å². The van der Waals surface area contributed by atoms with Gasteiger partial charge in [-0.25, -0.2) is 4.98 Å². The van der Waals surface area contributed by atoms with E-state index in [1.165, 1.54) is 11.4 Å². The lowest BCUT2D eigenvalue weighted by Crippen LogP contribution is -2.46. The summed E-state index contributed by atoms with van der Waals surface area (Å²) in [5.41, 5.74) is 5.08. The number of piperazine rings is 1. The van der Waals surface area contributed by atoms with Crippen LogP contribution in [0.5, 0.6) is 0 Å². The van der Waals surface area contributed by atoms with Crippen LogP contribution in [0, 0.1) is 11.3 Å². The number of nitriles is 1. The number of anilines is 2. The highest BCUT2D eigenvalue weighted by atomic mass is 32.1. The number of fused-ring (bicyclic) bond motifs is 1. The highest BCUT2D eigenvalue weighted by molar-refractivity contribution is 7.19. The standard InChI is InChI=1S/C26H22N4S/c27-19-21(26-28-24-8-4-5-9-25(24)31-26)18-20-10-12-23(13-11-20)30-16-14-29(15-17-30)22-6-2-1-3-7-22/h1-13,18H,14-17H2. The normalized spacial score (nSPS) is 14.6. The lowest BCUT2D eigenvalue weighted by atomic mass is 10.1. The van der Waals surface area contributed by atoms with Gasteiger partial charge in [-0.15, -0.1) is 11.3 Å². The molecule has 1 fully saturated rings. The van der Waals surface area contributed by atoms with E-state index in [4.69, 9.17) is 0 Å². The minimum atomic E-state index is 0.602. The van der Waals surface area contributed by atoms with Gasteiger partial charge in [0.2, 0.25) is 0 Å². The lowest BCUT2D eigenvalue weighted by molar-refractivity contribution is 0.653. The van der Waals surface area contributed by atoms with Crippen molar-refractivity contribution in [3.8, 4) is 6.07 Å². The summed E-state index contributed by atoms with van der Waals surface area (Å²) in [7, 11) is 0. The van der Waals surface area contributed by atoms with E-state index >= 15 is 0 Å². The SMILES string of the molecule is N#CC(=Cc1ccc(N2CCN(c3ccccc3)CC2)cc1)c1nc2ccccc2s1. The molecule has 4 nitrogen and oxygen atoms in total. The van der Waals surface area contributed by atoms with E-state index < -0.39 is 0 Å². The second-order valence-electron chi connectivity index (χ2n) is 7.56. The molecular weight excluding hydrogens is 400 g/mol. The Hall–Kier alpha value is -3.62. The van der Waals surface area contributed by atoms with Crippen molar-refractivity contribution in [2.75, 3.05) is 36.0 Å². The van der Waals surface area contributed by atoms with Crippen LogP contribution in [-0.2, 0) is 0 Å². The third-order valence-electron chi connectivity index (χ3n) is 5.61. The van der Waals surface area contributed by atoms with Gasteiger partial charge in [0.05, 0.1) is 15.8 Å². The number of para-hydroxylation sites is 2. The van der Waals surface area contributed by atoms with Crippen LogP contribution in [0.4, 0.5) is 11.4 Å². The maximum Gasteiger partial charge on any atom is 0.135 e. The fourth-order valence-electron chi connectivity index (χ4n) is 3.94. The third kappa shape index (κ3) is 4.16. The second kappa shape index (κ2) is 8.63. The summed E-state index contributed by atoms with van der Waals surface area (Å²) in [6.45, 7) is 4.03.